The smallest absolute Gasteiger partial charge is 0.412 e. The number of carbonyl (C=O) groups is 1. The van der Waals surface area contributed by atoms with Gasteiger partial charge >= 0.3 is 6.09 Å². The molecule has 4 nitrogen and oxygen atoms in total. The molecule has 1 aromatic carbocycles. The molecule has 0 atom stereocenters. The van der Waals surface area contributed by atoms with E-state index in [-0.39, 0.29) is 12.0 Å². The Morgan fingerprint density at radius 1 is 1.43 bits per heavy atom. The quantitative estimate of drug-likeness (QED) is 0.883. The predicted molar refractivity (Wildman–Crippen MR) is 83.8 cm³/mol. The van der Waals surface area contributed by atoms with Gasteiger partial charge in [-0.2, -0.15) is 0 Å². The molecular weight excluding hydrogens is 290 g/mol. The zero-order valence-electron chi connectivity index (χ0n) is 12.7. The molecule has 0 saturated heterocycles. The number of nitrogens with one attached hydrogen (secondary N) is 1. The third-order valence-corrected chi connectivity index (χ3v) is 3.85. The van der Waals surface area contributed by atoms with Crippen LogP contribution in [0.5, 0.6) is 0 Å². The van der Waals surface area contributed by atoms with Crippen molar-refractivity contribution in [2.45, 2.75) is 45.6 Å². The summed E-state index contributed by atoms with van der Waals surface area (Å²) in [6.45, 7) is 5.63. The minimum absolute atomic E-state index is 0.0451. The minimum Gasteiger partial charge on any atom is -0.444 e. The lowest BCUT2D eigenvalue weighted by Gasteiger charge is -2.20. The maximum absolute atomic E-state index is 11.7. The average molecular weight is 312 g/mol. The van der Waals surface area contributed by atoms with Crippen molar-refractivity contribution < 1.29 is 14.6 Å². The lowest BCUT2D eigenvalue weighted by atomic mass is 9.97. The standard InChI is InChI=1S/C16H22ClNO3/c1-15(2,3)21-14(20)18-13-5-4-11(8-12(13)17)9-16(10-19)6-7-16/h4-5,8,19H,6-7,9-10H2,1-3H3,(H,18,20). The van der Waals surface area contributed by atoms with Crippen LogP contribution in [-0.2, 0) is 11.2 Å². The number of rotatable bonds is 4. The van der Waals surface area contributed by atoms with Gasteiger partial charge < -0.3 is 9.84 Å². The number of ether oxygens (including phenoxy) is 1. The highest BCUT2D eigenvalue weighted by molar-refractivity contribution is 6.33. The molecule has 0 bridgehead atoms. The van der Waals surface area contributed by atoms with Crippen LogP contribution in [0.15, 0.2) is 18.2 Å². The Kier molecular flexibility index (Phi) is 4.49. The van der Waals surface area contributed by atoms with E-state index < -0.39 is 11.7 Å². The number of carbonyl (C=O) groups excluding carboxylic acids is 1. The summed E-state index contributed by atoms with van der Waals surface area (Å²) in [7, 11) is 0. The molecule has 0 heterocycles. The largest absolute Gasteiger partial charge is 0.444 e. The third kappa shape index (κ3) is 4.61. The van der Waals surface area contributed by atoms with E-state index in [0.29, 0.717) is 10.7 Å². The van der Waals surface area contributed by atoms with Crippen molar-refractivity contribution in [1.82, 2.24) is 0 Å². The second-order valence-electron chi connectivity index (χ2n) is 6.78. The van der Waals surface area contributed by atoms with E-state index in [1.54, 1.807) is 26.8 Å². The molecule has 1 aromatic rings. The average Bonchev–Trinajstić information content (AvgIpc) is 3.11. The first-order valence-corrected chi connectivity index (χ1v) is 7.50. The Hall–Kier alpha value is -1.26. The Bertz CT molecular complexity index is 533. The highest BCUT2D eigenvalue weighted by Gasteiger charge is 2.41. The summed E-state index contributed by atoms with van der Waals surface area (Å²) < 4.78 is 5.19. The molecule has 0 aromatic heterocycles. The van der Waals surface area contributed by atoms with Gasteiger partial charge in [-0.05, 0) is 63.1 Å². The van der Waals surface area contributed by atoms with Crippen LogP contribution in [0.3, 0.4) is 0 Å². The number of aliphatic hydroxyl groups excluding tert-OH is 1. The molecule has 2 rings (SSSR count). The molecule has 5 heteroatoms. The van der Waals surface area contributed by atoms with E-state index in [2.05, 4.69) is 5.32 Å². The lowest BCUT2D eigenvalue weighted by Crippen LogP contribution is -2.27. The minimum atomic E-state index is -0.546. The van der Waals surface area contributed by atoms with Gasteiger partial charge in [0.25, 0.3) is 0 Å². The number of hydrogen-bond acceptors (Lipinski definition) is 3. The fourth-order valence-electron chi connectivity index (χ4n) is 2.18. The second kappa shape index (κ2) is 5.85. The molecule has 0 spiro atoms. The first kappa shape index (κ1) is 16.1. The molecule has 1 aliphatic rings. The first-order valence-electron chi connectivity index (χ1n) is 7.12. The molecule has 116 valence electrons. The van der Waals surface area contributed by atoms with Gasteiger partial charge in [0, 0.05) is 6.61 Å². The van der Waals surface area contributed by atoms with Crippen LogP contribution in [0.2, 0.25) is 5.02 Å². The van der Waals surface area contributed by atoms with Gasteiger partial charge in [-0.15, -0.1) is 0 Å². The molecule has 2 N–H and O–H groups in total. The fourth-order valence-corrected chi connectivity index (χ4v) is 2.43. The number of amides is 1. The van der Waals surface area contributed by atoms with Crippen LogP contribution in [0.1, 0.15) is 39.2 Å². The molecule has 21 heavy (non-hydrogen) atoms. The number of hydrogen-bond donors (Lipinski definition) is 2. The number of benzene rings is 1. The SMILES string of the molecule is CC(C)(C)OC(=O)Nc1ccc(CC2(CO)CC2)cc1Cl. The predicted octanol–water partition coefficient (Wildman–Crippen LogP) is 4.00. The summed E-state index contributed by atoms with van der Waals surface area (Å²) in [5.74, 6) is 0. The van der Waals surface area contributed by atoms with E-state index in [1.807, 2.05) is 12.1 Å². The van der Waals surface area contributed by atoms with E-state index in [4.69, 9.17) is 16.3 Å². The number of aliphatic hydroxyl groups is 1. The topological polar surface area (TPSA) is 58.6 Å². The highest BCUT2D eigenvalue weighted by atomic mass is 35.5. The van der Waals surface area contributed by atoms with Gasteiger partial charge in [0.15, 0.2) is 0 Å². The zero-order valence-corrected chi connectivity index (χ0v) is 13.5. The molecule has 0 aliphatic heterocycles. The molecule has 1 amide bonds. The molecule has 1 aliphatic carbocycles. The van der Waals surface area contributed by atoms with Gasteiger partial charge in [-0.1, -0.05) is 17.7 Å². The molecule has 0 radical (unpaired) electrons. The van der Waals surface area contributed by atoms with Gasteiger partial charge in [-0.25, -0.2) is 4.79 Å². The molecule has 0 unspecified atom stereocenters. The van der Waals surface area contributed by atoms with Gasteiger partial charge in [0.2, 0.25) is 0 Å². The summed E-state index contributed by atoms with van der Waals surface area (Å²) in [4.78, 5) is 11.7. The van der Waals surface area contributed by atoms with Crippen molar-refractivity contribution in [2.75, 3.05) is 11.9 Å². The summed E-state index contributed by atoms with van der Waals surface area (Å²) >= 11 is 6.20. The normalized spacial score (nSPS) is 16.4. The lowest BCUT2D eigenvalue weighted by molar-refractivity contribution is 0.0636. The summed E-state index contributed by atoms with van der Waals surface area (Å²) in [6, 6.07) is 5.54. The first-order chi connectivity index (χ1) is 9.73. The van der Waals surface area contributed by atoms with Crippen molar-refractivity contribution in [2.24, 2.45) is 5.41 Å². The summed E-state index contributed by atoms with van der Waals surface area (Å²) in [5.41, 5.74) is 1.10. The van der Waals surface area contributed by atoms with Crippen molar-refractivity contribution in [3.63, 3.8) is 0 Å². The summed E-state index contributed by atoms with van der Waals surface area (Å²) in [5, 5.41) is 12.5. The van der Waals surface area contributed by atoms with Crippen molar-refractivity contribution in [3.8, 4) is 0 Å². The van der Waals surface area contributed by atoms with Crippen LogP contribution in [0.4, 0.5) is 10.5 Å². The van der Waals surface area contributed by atoms with E-state index >= 15 is 0 Å². The van der Waals surface area contributed by atoms with Crippen LogP contribution < -0.4 is 5.32 Å². The molecular formula is C16H22ClNO3. The van der Waals surface area contributed by atoms with Crippen molar-refractivity contribution in [3.05, 3.63) is 28.8 Å². The Morgan fingerprint density at radius 2 is 2.10 bits per heavy atom. The van der Waals surface area contributed by atoms with Gasteiger partial charge in [0.05, 0.1) is 10.7 Å². The van der Waals surface area contributed by atoms with E-state index in [9.17, 15) is 9.90 Å². The van der Waals surface area contributed by atoms with Gasteiger partial charge in [-0.3, -0.25) is 5.32 Å². The third-order valence-electron chi connectivity index (χ3n) is 3.54. The van der Waals surface area contributed by atoms with Crippen molar-refractivity contribution in [1.29, 1.82) is 0 Å². The van der Waals surface area contributed by atoms with Gasteiger partial charge in [0.1, 0.15) is 5.60 Å². The molecule has 1 saturated carbocycles. The highest BCUT2D eigenvalue weighted by Crippen LogP contribution is 2.48. The zero-order chi connectivity index (χ0) is 15.7. The fraction of sp³-hybridized carbons (Fsp3) is 0.562. The van der Waals surface area contributed by atoms with E-state index in [1.165, 1.54) is 0 Å². The van der Waals surface area contributed by atoms with Crippen LogP contribution >= 0.6 is 11.6 Å². The number of anilines is 1. The Balaban J connectivity index is 2.01. The molecule has 1 fully saturated rings. The Morgan fingerprint density at radius 3 is 2.57 bits per heavy atom. The van der Waals surface area contributed by atoms with Crippen LogP contribution in [0, 0.1) is 5.41 Å². The second-order valence-corrected chi connectivity index (χ2v) is 7.18. The van der Waals surface area contributed by atoms with Crippen LogP contribution in [0.25, 0.3) is 0 Å². The summed E-state index contributed by atoms with van der Waals surface area (Å²) in [6.07, 6.45) is 2.40. The van der Waals surface area contributed by atoms with Crippen LogP contribution in [-0.4, -0.2) is 23.4 Å². The number of halogens is 1. The Labute approximate surface area is 130 Å². The maximum Gasteiger partial charge on any atom is 0.412 e. The monoisotopic (exact) mass is 311 g/mol. The maximum atomic E-state index is 11.7. The van der Waals surface area contributed by atoms with E-state index in [0.717, 1.165) is 24.8 Å². The van der Waals surface area contributed by atoms with Crippen molar-refractivity contribution >= 4 is 23.4 Å².